The van der Waals surface area contributed by atoms with Crippen LogP contribution in [0.3, 0.4) is 0 Å². The molecular formula is C31H41N2O9P. The highest BCUT2D eigenvalue weighted by molar-refractivity contribution is 7.48. The second-order valence-corrected chi connectivity index (χ2v) is 13.7. The average Bonchev–Trinajstić information content (AvgIpc) is 3.33. The maximum absolute atomic E-state index is 12.7. The average molecular weight is 617 g/mol. The van der Waals surface area contributed by atoms with Gasteiger partial charge in [-0.05, 0) is 97.1 Å². The minimum atomic E-state index is -3.61. The summed E-state index contributed by atoms with van der Waals surface area (Å²) >= 11 is 0. The Morgan fingerprint density at radius 2 is 1.86 bits per heavy atom. The molecule has 3 aliphatic carbocycles. The Morgan fingerprint density at radius 1 is 1.09 bits per heavy atom. The number of anilines is 1. The maximum Gasteiger partial charge on any atom is 0.529 e. The molecule has 5 rings (SSSR count). The molecule has 2 saturated carbocycles. The van der Waals surface area contributed by atoms with E-state index >= 15 is 0 Å². The Labute approximate surface area is 252 Å². The first-order valence-corrected chi connectivity index (χ1v) is 16.1. The number of carbonyl (C=O) groups is 2. The van der Waals surface area contributed by atoms with Gasteiger partial charge in [-0.2, -0.15) is 0 Å². The van der Waals surface area contributed by atoms with Gasteiger partial charge >= 0.3 is 7.82 Å². The second-order valence-electron chi connectivity index (χ2n) is 11.9. The standard InChI is InChI=1S/C31H41N2O9P/c1-31-15-13-21-20-8-6-19(42-43(37,39-3)40-4)17-18(20)5-7-22(21)23(31)9-12-26(31)41-16-14-27(34)33-24-10-11-25(38-2)28(29(24)35)30(32)36/h6,8,10-11,17,21-23,26,35H,5,7,9,12-16H2,1-4H3,(H2,32,36)(H,33,34)/t21?,22?,23?,26-,31-/m1/s1. The van der Waals surface area contributed by atoms with Crippen molar-refractivity contribution in [1.29, 1.82) is 0 Å². The zero-order valence-electron chi connectivity index (χ0n) is 25.1. The molecule has 0 aliphatic heterocycles. The molecule has 234 valence electrons. The lowest BCUT2D eigenvalue weighted by Crippen LogP contribution is -2.44. The van der Waals surface area contributed by atoms with Crippen LogP contribution >= 0.6 is 7.82 Å². The van der Waals surface area contributed by atoms with Crippen molar-refractivity contribution in [2.24, 2.45) is 23.0 Å². The maximum atomic E-state index is 12.7. The van der Waals surface area contributed by atoms with Crippen LogP contribution in [0.15, 0.2) is 30.3 Å². The van der Waals surface area contributed by atoms with Crippen molar-refractivity contribution in [3.05, 3.63) is 47.0 Å². The number of aromatic hydroxyl groups is 1. The van der Waals surface area contributed by atoms with Gasteiger partial charge in [0.25, 0.3) is 5.91 Å². The van der Waals surface area contributed by atoms with E-state index in [1.54, 1.807) is 0 Å². The van der Waals surface area contributed by atoms with Crippen LogP contribution in [-0.2, 0) is 29.6 Å². The quantitative estimate of drug-likeness (QED) is 0.218. The minimum Gasteiger partial charge on any atom is -0.505 e. The highest BCUT2D eigenvalue weighted by Gasteiger charge is 2.55. The van der Waals surface area contributed by atoms with Crippen molar-refractivity contribution in [3.8, 4) is 17.2 Å². The largest absolute Gasteiger partial charge is 0.529 e. The summed E-state index contributed by atoms with van der Waals surface area (Å²) in [6, 6.07) is 8.86. The van der Waals surface area contributed by atoms with E-state index in [-0.39, 0.29) is 47.5 Å². The monoisotopic (exact) mass is 616 g/mol. The van der Waals surface area contributed by atoms with Crippen LogP contribution < -0.4 is 20.3 Å². The molecule has 3 unspecified atom stereocenters. The Bertz CT molecular complexity index is 1420. The van der Waals surface area contributed by atoms with Crippen LogP contribution in [0.1, 0.15) is 72.9 Å². The molecule has 2 fully saturated rings. The van der Waals surface area contributed by atoms with Gasteiger partial charge < -0.3 is 30.2 Å². The number of carbonyl (C=O) groups excluding carboxylic acids is 2. The van der Waals surface area contributed by atoms with E-state index in [0.29, 0.717) is 23.5 Å². The van der Waals surface area contributed by atoms with Gasteiger partial charge in [0.1, 0.15) is 17.1 Å². The first kappa shape index (κ1) is 31.3. The molecule has 4 N–H and O–H groups in total. The molecule has 0 saturated heterocycles. The summed E-state index contributed by atoms with van der Waals surface area (Å²) in [5.74, 6) is 0.541. The lowest BCUT2D eigenvalue weighted by atomic mass is 9.55. The van der Waals surface area contributed by atoms with Crippen LogP contribution in [-0.4, -0.2) is 51.0 Å². The molecule has 2 aromatic rings. The van der Waals surface area contributed by atoms with E-state index in [2.05, 4.69) is 18.3 Å². The van der Waals surface area contributed by atoms with E-state index in [1.807, 2.05) is 12.1 Å². The van der Waals surface area contributed by atoms with Gasteiger partial charge in [-0.3, -0.25) is 18.6 Å². The van der Waals surface area contributed by atoms with Crippen LogP contribution in [0.25, 0.3) is 0 Å². The van der Waals surface area contributed by atoms with Gasteiger partial charge in [0.05, 0.1) is 31.9 Å². The number of methoxy groups -OCH3 is 1. The molecule has 11 nitrogen and oxygen atoms in total. The minimum absolute atomic E-state index is 0.0341. The lowest BCUT2D eigenvalue weighted by Gasteiger charge is -2.50. The number of phosphoric acid groups is 1. The third-order valence-corrected chi connectivity index (χ3v) is 11.1. The zero-order chi connectivity index (χ0) is 30.9. The molecule has 0 bridgehead atoms. The molecule has 5 atom stereocenters. The summed E-state index contributed by atoms with van der Waals surface area (Å²) in [7, 11) is 0.353. The van der Waals surface area contributed by atoms with Crippen molar-refractivity contribution in [2.45, 2.75) is 63.9 Å². The molecule has 0 aromatic heterocycles. The number of phenols is 1. The number of nitrogens with two attached hydrogens (primary N) is 1. The first-order chi connectivity index (χ1) is 20.5. The fraction of sp³-hybridized carbons (Fsp3) is 0.548. The fourth-order valence-corrected chi connectivity index (χ4v) is 8.38. The van der Waals surface area contributed by atoms with Gasteiger partial charge in [-0.1, -0.05) is 13.0 Å². The number of fused-ring (bicyclic) bond motifs is 5. The van der Waals surface area contributed by atoms with Crippen LogP contribution in [0.4, 0.5) is 5.69 Å². The molecule has 2 amide bonds. The van der Waals surface area contributed by atoms with E-state index in [0.717, 1.165) is 38.5 Å². The summed E-state index contributed by atoms with van der Waals surface area (Å²) in [6.45, 7) is 2.59. The van der Waals surface area contributed by atoms with Crippen LogP contribution in [0.2, 0.25) is 0 Å². The number of hydrogen-bond donors (Lipinski definition) is 3. The number of amides is 2. The summed E-state index contributed by atoms with van der Waals surface area (Å²) in [5.41, 5.74) is 7.89. The third-order valence-electron chi connectivity index (χ3n) is 9.80. The number of rotatable bonds is 11. The normalized spacial score (nSPS) is 26.1. The smallest absolute Gasteiger partial charge is 0.505 e. The molecule has 0 radical (unpaired) electrons. The third kappa shape index (κ3) is 6.00. The Balaban J connectivity index is 1.19. The summed E-state index contributed by atoms with van der Waals surface area (Å²) in [4.78, 5) is 24.4. The van der Waals surface area contributed by atoms with Crippen LogP contribution in [0.5, 0.6) is 17.2 Å². The van der Waals surface area contributed by atoms with E-state index in [1.165, 1.54) is 44.6 Å². The Hall–Kier alpha value is -3.11. The molecular weight excluding hydrogens is 575 g/mol. The number of ether oxygens (including phenoxy) is 2. The number of benzene rings is 2. The van der Waals surface area contributed by atoms with E-state index in [9.17, 15) is 19.3 Å². The van der Waals surface area contributed by atoms with Gasteiger partial charge in [0.15, 0.2) is 5.75 Å². The van der Waals surface area contributed by atoms with E-state index in [4.69, 9.17) is 28.8 Å². The number of phosphoric ester groups is 1. The molecule has 0 heterocycles. The fourth-order valence-electron chi connectivity index (χ4n) is 7.71. The predicted molar refractivity (Wildman–Crippen MR) is 159 cm³/mol. The number of nitrogens with one attached hydrogen (secondary N) is 1. The molecule has 43 heavy (non-hydrogen) atoms. The summed E-state index contributed by atoms with van der Waals surface area (Å²) in [6.07, 6.45) is 6.30. The van der Waals surface area contributed by atoms with Crippen molar-refractivity contribution in [3.63, 3.8) is 0 Å². The Morgan fingerprint density at radius 3 is 2.56 bits per heavy atom. The number of aryl methyl sites for hydroxylation is 1. The lowest BCUT2D eigenvalue weighted by molar-refractivity contribution is -0.119. The summed E-state index contributed by atoms with van der Waals surface area (Å²) < 4.78 is 39.3. The van der Waals surface area contributed by atoms with Crippen molar-refractivity contribution < 1.29 is 42.3 Å². The number of primary amides is 1. The van der Waals surface area contributed by atoms with Gasteiger partial charge in [0, 0.05) is 14.2 Å². The molecule has 2 aromatic carbocycles. The summed E-state index contributed by atoms with van der Waals surface area (Å²) in [5, 5.41) is 13.1. The highest BCUT2D eigenvalue weighted by atomic mass is 31.2. The second kappa shape index (κ2) is 12.5. The van der Waals surface area contributed by atoms with Gasteiger partial charge in [-0.15, -0.1) is 0 Å². The van der Waals surface area contributed by atoms with Gasteiger partial charge in [0.2, 0.25) is 5.91 Å². The number of hydrogen-bond acceptors (Lipinski definition) is 9. The SMILES string of the molecule is COc1ccc(NC(=O)CCO[C@@H]2CCC3C4CCc5cc(OP(=O)(OC)OC)ccc5C4CC[C@]32C)c(O)c1C(N)=O. The van der Waals surface area contributed by atoms with Crippen molar-refractivity contribution in [1.82, 2.24) is 0 Å². The molecule has 0 spiro atoms. The highest BCUT2D eigenvalue weighted by Crippen LogP contribution is 2.62. The predicted octanol–water partition coefficient (Wildman–Crippen LogP) is 5.55. The van der Waals surface area contributed by atoms with Crippen molar-refractivity contribution >= 4 is 25.3 Å². The Kier molecular flexibility index (Phi) is 9.09. The molecule has 12 heteroatoms. The van der Waals surface area contributed by atoms with E-state index < -0.39 is 19.5 Å². The first-order valence-electron chi connectivity index (χ1n) is 14.7. The molecule has 3 aliphatic rings. The topological polar surface area (TPSA) is 156 Å². The zero-order valence-corrected chi connectivity index (χ0v) is 26.0. The van der Waals surface area contributed by atoms with Gasteiger partial charge in [-0.25, -0.2) is 4.57 Å². The van der Waals surface area contributed by atoms with Crippen molar-refractivity contribution in [2.75, 3.05) is 33.3 Å². The van der Waals surface area contributed by atoms with Crippen LogP contribution in [0, 0.1) is 17.3 Å².